The lowest BCUT2D eigenvalue weighted by Crippen LogP contribution is -2.47. The van der Waals surface area contributed by atoms with Crippen LogP contribution in [0, 0.1) is 0 Å². The molecule has 0 aromatic heterocycles. The van der Waals surface area contributed by atoms with E-state index in [-0.39, 0.29) is 30.4 Å². The zero-order valence-electron chi connectivity index (χ0n) is 14.8. The number of carbonyl (C=O) groups is 1. The third-order valence-corrected chi connectivity index (χ3v) is 5.14. The van der Waals surface area contributed by atoms with Crippen LogP contribution in [0.15, 0.2) is 54.6 Å². The van der Waals surface area contributed by atoms with E-state index >= 15 is 0 Å². The molecule has 5 heteroatoms. The van der Waals surface area contributed by atoms with Gasteiger partial charge in [0.1, 0.15) is 0 Å². The molecule has 2 aliphatic heterocycles. The van der Waals surface area contributed by atoms with E-state index in [4.69, 9.17) is 4.74 Å². The lowest BCUT2D eigenvalue weighted by Gasteiger charge is -2.39. The highest BCUT2D eigenvalue weighted by Crippen LogP contribution is 2.35. The predicted octanol–water partition coefficient (Wildman–Crippen LogP) is 2.96. The maximum absolute atomic E-state index is 13.1. The molecule has 2 heterocycles. The number of nitrogens with zero attached hydrogens (tertiary/aromatic N) is 1. The molecule has 2 aliphatic rings. The summed E-state index contributed by atoms with van der Waals surface area (Å²) in [5, 5.41) is 3.39. The Hall–Kier alpha value is -1.88. The number of fused-ring (bicyclic) bond motifs is 1. The Balaban J connectivity index is 0.00000196. The molecule has 2 aromatic rings. The number of carbonyl (C=O) groups excluding carboxylic acids is 1. The highest BCUT2D eigenvalue weighted by atomic mass is 35.5. The molecule has 1 fully saturated rings. The number of hydrogen-bond acceptors (Lipinski definition) is 3. The summed E-state index contributed by atoms with van der Waals surface area (Å²) in [7, 11) is 0. The van der Waals surface area contributed by atoms with Crippen LogP contribution in [0.4, 0.5) is 0 Å². The average Bonchev–Trinajstić information content (AvgIpc) is 2.68. The minimum absolute atomic E-state index is 0. The van der Waals surface area contributed by atoms with Gasteiger partial charge in [0.25, 0.3) is 0 Å². The van der Waals surface area contributed by atoms with Crippen molar-refractivity contribution in [1.82, 2.24) is 10.2 Å². The van der Waals surface area contributed by atoms with E-state index in [0.29, 0.717) is 13.0 Å². The summed E-state index contributed by atoms with van der Waals surface area (Å²) in [5.41, 5.74) is 3.77. The highest BCUT2D eigenvalue weighted by molar-refractivity contribution is 5.85. The van der Waals surface area contributed by atoms with Crippen molar-refractivity contribution >= 4 is 18.3 Å². The fraction of sp³-hybridized carbons (Fsp3) is 0.381. The van der Waals surface area contributed by atoms with Crippen LogP contribution in [0.2, 0.25) is 0 Å². The van der Waals surface area contributed by atoms with Gasteiger partial charge in [0.15, 0.2) is 0 Å². The lowest BCUT2D eigenvalue weighted by atomic mass is 9.88. The maximum atomic E-state index is 13.1. The van der Waals surface area contributed by atoms with Crippen LogP contribution in [0.3, 0.4) is 0 Å². The summed E-state index contributed by atoms with van der Waals surface area (Å²) in [6.45, 7) is 2.94. The van der Waals surface area contributed by atoms with Gasteiger partial charge >= 0.3 is 0 Å². The SMILES string of the molecule is Cl.O=C(CC1COCCN1)N1CCc2ccccc2C1c1ccccc1. The summed E-state index contributed by atoms with van der Waals surface area (Å²) in [5.74, 6) is 0.200. The molecule has 138 valence electrons. The first-order chi connectivity index (χ1) is 12.3. The number of benzene rings is 2. The first-order valence-corrected chi connectivity index (χ1v) is 9.06. The van der Waals surface area contributed by atoms with Gasteiger partial charge in [-0.25, -0.2) is 0 Å². The second kappa shape index (κ2) is 8.67. The van der Waals surface area contributed by atoms with E-state index in [1.807, 2.05) is 23.1 Å². The van der Waals surface area contributed by atoms with Crippen LogP contribution in [-0.2, 0) is 16.0 Å². The van der Waals surface area contributed by atoms with Crippen molar-refractivity contribution in [2.45, 2.75) is 24.9 Å². The normalized spacial score (nSPS) is 22.2. The molecule has 1 N–H and O–H groups in total. The Kier molecular flexibility index (Phi) is 6.30. The van der Waals surface area contributed by atoms with Crippen molar-refractivity contribution in [1.29, 1.82) is 0 Å². The zero-order chi connectivity index (χ0) is 17.1. The van der Waals surface area contributed by atoms with Crippen molar-refractivity contribution < 1.29 is 9.53 Å². The fourth-order valence-electron chi connectivity index (χ4n) is 3.91. The summed E-state index contributed by atoms with van der Waals surface area (Å²) >= 11 is 0. The summed E-state index contributed by atoms with van der Waals surface area (Å²) in [6, 6.07) is 19.0. The minimum Gasteiger partial charge on any atom is -0.378 e. The molecule has 0 bridgehead atoms. The molecule has 2 unspecified atom stereocenters. The van der Waals surface area contributed by atoms with Gasteiger partial charge in [-0.1, -0.05) is 54.6 Å². The Labute approximate surface area is 160 Å². The molecular formula is C21H25ClN2O2. The largest absolute Gasteiger partial charge is 0.378 e. The van der Waals surface area contributed by atoms with Crippen molar-refractivity contribution in [2.75, 3.05) is 26.3 Å². The Morgan fingerprint density at radius 2 is 1.88 bits per heavy atom. The van der Waals surface area contributed by atoms with Gasteiger partial charge in [0.2, 0.25) is 5.91 Å². The van der Waals surface area contributed by atoms with Crippen LogP contribution in [0.5, 0.6) is 0 Å². The van der Waals surface area contributed by atoms with Gasteiger partial charge in [0.05, 0.1) is 19.3 Å². The third-order valence-electron chi connectivity index (χ3n) is 5.14. The van der Waals surface area contributed by atoms with Gasteiger partial charge in [-0.05, 0) is 23.1 Å². The highest BCUT2D eigenvalue weighted by Gasteiger charge is 2.32. The lowest BCUT2D eigenvalue weighted by molar-refractivity contribution is -0.134. The Morgan fingerprint density at radius 3 is 2.65 bits per heavy atom. The number of ether oxygens (including phenoxy) is 1. The van der Waals surface area contributed by atoms with E-state index in [1.165, 1.54) is 16.7 Å². The van der Waals surface area contributed by atoms with Gasteiger partial charge in [-0.15, -0.1) is 12.4 Å². The first kappa shape index (κ1) is 18.9. The second-order valence-electron chi connectivity index (χ2n) is 6.78. The molecular weight excluding hydrogens is 348 g/mol. The number of hydrogen-bond donors (Lipinski definition) is 1. The van der Waals surface area contributed by atoms with Crippen LogP contribution >= 0.6 is 12.4 Å². The third kappa shape index (κ3) is 3.93. The van der Waals surface area contributed by atoms with Crippen molar-refractivity contribution in [3.05, 3.63) is 71.3 Å². The predicted molar refractivity (Wildman–Crippen MR) is 105 cm³/mol. The van der Waals surface area contributed by atoms with Gasteiger partial charge in [-0.3, -0.25) is 4.79 Å². The number of rotatable bonds is 3. The van der Waals surface area contributed by atoms with Crippen LogP contribution in [0.1, 0.15) is 29.2 Å². The Bertz CT molecular complexity index is 732. The average molecular weight is 373 g/mol. The van der Waals surface area contributed by atoms with Crippen molar-refractivity contribution in [3.63, 3.8) is 0 Å². The van der Waals surface area contributed by atoms with E-state index in [9.17, 15) is 4.79 Å². The quantitative estimate of drug-likeness (QED) is 0.900. The molecule has 1 saturated heterocycles. The van der Waals surface area contributed by atoms with Crippen molar-refractivity contribution in [3.8, 4) is 0 Å². The van der Waals surface area contributed by atoms with Gasteiger partial charge in [-0.2, -0.15) is 0 Å². The molecule has 4 nitrogen and oxygen atoms in total. The minimum atomic E-state index is 0. The van der Waals surface area contributed by atoms with E-state index in [2.05, 4.69) is 41.7 Å². The standard InChI is InChI=1S/C21H24N2O2.ClH/c24-20(14-18-15-25-13-11-22-18)23-12-10-16-6-4-5-9-19(16)21(23)17-7-2-1-3-8-17;/h1-9,18,21-22H,10-15H2;1H. The summed E-state index contributed by atoms with van der Waals surface area (Å²) in [6.07, 6.45) is 1.41. The fourth-order valence-corrected chi connectivity index (χ4v) is 3.91. The van der Waals surface area contributed by atoms with Gasteiger partial charge < -0.3 is 15.0 Å². The van der Waals surface area contributed by atoms with E-state index in [1.54, 1.807) is 0 Å². The van der Waals surface area contributed by atoms with Crippen LogP contribution < -0.4 is 5.32 Å². The molecule has 0 radical (unpaired) electrons. The first-order valence-electron chi connectivity index (χ1n) is 9.06. The molecule has 0 saturated carbocycles. The second-order valence-corrected chi connectivity index (χ2v) is 6.78. The molecule has 2 aromatic carbocycles. The Morgan fingerprint density at radius 1 is 1.12 bits per heavy atom. The number of halogens is 1. The number of morpholine rings is 1. The molecule has 1 amide bonds. The van der Waals surface area contributed by atoms with Crippen LogP contribution in [0.25, 0.3) is 0 Å². The van der Waals surface area contributed by atoms with Crippen molar-refractivity contribution in [2.24, 2.45) is 0 Å². The summed E-state index contributed by atoms with van der Waals surface area (Å²) < 4.78 is 5.50. The topological polar surface area (TPSA) is 41.6 Å². The smallest absolute Gasteiger partial charge is 0.225 e. The van der Waals surface area contributed by atoms with Crippen LogP contribution in [-0.4, -0.2) is 43.2 Å². The maximum Gasteiger partial charge on any atom is 0.225 e. The summed E-state index contributed by atoms with van der Waals surface area (Å²) in [4.78, 5) is 15.1. The van der Waals surface area contributed by atoms with E-state index < -0.39 is 0 Å². The number of amides is 1. The molecule has 0 aliphatic carbocycles. The zero-order valence-corrected chi connectivity index (χ0v) is 15.6. The molecule has 0 spiro atoms. The molecule has 4 rings (SSSR count). The monoisotopic (exact) mass is 372 g/mol. The van der Waals surface area contributed by atoms with E-state index in [0.717, 1.165) is 26.1 Å². The van der Waals surface area contributed by atoms with Gasteiger partial charge in [0, 0.05) is 25.6 Å². The molecule has 26 heavy (non-hydrogen) atoms. The molecule has 2 atom stereocenters. The number of nitrogens with one attached hydrogen (secondary N) is 1.